The largest absolute Gasteiger partial charge is 0.504 e. The quantitative estimate of drug-likeness (QED) is 0.431. The van der Waals surface area contributed by atoms with Crippen molar-refractivity contribution in [1.82, 2.24) is 0 Å². The molecule has 0 aromatic heterocycles. The Kier molecular flexibility index (Phi) is 7.48. The topological polar surface area (TPSA) is 83.8 Å². The van der Waals surface area contributed by atoms with Gasteiger partial charge in [-0.3, -0.25) is 4.55 Å². The maximum absolute atomic E-state index is 11.1. The van der Waals surface area contributed by atoms with Gasteiger partial charge in [-0.05, 0) is 48.7 Å². The molecule has 142 valence electrons. The lowest BCUT2D eigenvalue weighted by molar-refractivity contribution is 0.406. The summed E-state index contributed by atoms with van der Waals surface area (Å²) in [5, 5.41) is 10.1. The molecular formula is C20H26O5S. The molecule has 5 nitrogen and oxygen atoms in total. The van der Waals surface area contributed by atoms with E-state index in [9.17, 15) is 13.5 Å². The molecule has 0 atom stereocenters. The smallest absolute Gasteiger partial charge is 0.294 e. The van der Waals surface area contributed by atoms with Crippen LogP contribution in [0.1, 0.15) is 51.0 Å². The number of phenols is 1. The molecule has 2 rings (SSSR count). The molecule has 0 fully saturated rings. The lowest BCUT2D eigenvalue weighted by Gasteiger charge is -2.13. The van der Waals surface area contributed by atoms with Crippen molar-refractivity contribution in [3.05, 3.63) is 48.0 Å². The zero-order valence-corrected chi connectivity index (χ0v) is 15.8. The number of aryl methyl sites for hydroxylation is 1. The Balaban J connectivity index is 2.04. The summed E-state index contributed by atoms with van der Waals surface area (Å²) in [6.07, 6.45) is 7.91. The Bertz CT molecular complexity index is 797. The molecule has 0 bridgehead atoms. The van der Waals surface area contributed by atoms with Gasteiger partial charge in [-0.1, -0.05) is 51.2 Å². The van der Waals surface area contributed by atoms with Gasteiger partial charge in [0.25, 0.3) is 10.1 Å². The third-order valence-electron chi connectivity index (χ3n) is 4.22. The molecule has 0 aliphatic heterocycles. The molecule has 26 heavy (non-hydrogen) atoms. The minimum absolute atomic E-state index is 0.0485. The molecular weight excluding hydrogens is 352 g/mol. The highest BCUT2D eigenvalue weighted by molar-refractivity contribution is 7.85. The van der Waals surface area contributed by atoms with E-state index in [0.29, 0.717) is 11.5 Å². The first-order valence-electron chi connectivity index (χ1n) is 8.98. The minimum Gasteiger partial charge on any atom is -0.504 e. The van der Waals surface area contributed by atoms with Gasteiger partial charge < -0.3 is 9.84 Å². The summed E-state index contributed by atoms with van der Waals surface area (Å²) < 4.78 is 37.0. The van der Waals surface area contributed by atoms with Crippen LogP contribution in [-0.2, 0) is 16.5 Å². The number of benzene rings is 2. The summed E-state index contributed by atoms with van der Waals surface area (Å²) in [4.78, 5) is -0.200. The van der Waals surface area contributed by atoms with Crippen LogP contribution in [0.3, 0.4) is 0 Å². The van der Waals surface area contributed by atoms with E-state index in [-0.39, 0.29) is 10.6 Å². The van der Waals surface area contributed by atoms with Gasteiger partial charge in [-0.25, -0.2) is 0 Å². The highest BCUT2D eigenvalue weighted by Crippen LogP contribution is 2.35. The summed E-state index contributed by atoms with van der Waals surface area (Å²) in [5.41, 5.74) is 0.916. The van der Waals surface area contributed by atoms with Crippen molar-refractivity contribution in [2.24, 2.45) is 0 Å². The number of hydrogen-bond acceptors (Lipinski definition) is 4. The van der Waals surface area contributed by atoms with Crippen LogP contribution in [-0.4, -0.2) is 18.1 Å². The van der Waals surface area contributed by atoms with Crippen LogP contribution in [0, 0.1) is 0 Å². The Labute approximate surface area is 155 Å². The lowest BCUT2D eigenvalue weighted by Crippen LogP contribution is -1.98. The zero-order chi connectivity index (χ0) is 19.0. The Morgan fingerprint density at radius 3 is 2.23 bits per heavy atom. The van der Waals surface area contributed by atoms with E-state index in [4.69, 9.17) is 9.29 Å². The Morgan fingerprint density at radius 2 is 1.58 bits per heavy atom. The van der Waals surface area contributed by atoms with Crippen molar-refractivity contribution in [2.45, 2.75) is 56.8 Å². The highest BCUT2D eigenvalue weighted by atomic mass is 32.2. The normalized spacial score (nSPS) is 11.5. The van der Waals surface area contributed by atoms with E-state index < -0.39 is 10.1 Å². The van der Waals surface area contributed by atoms with Gasteiger partial charge in [0.2, 0.25) is 0 Å². The summed E-state index contributed by atoms with van der Waals surface area (Å²) in [7, 11) is -4.24. The monoisotopic (exact) mass is 378 g/mol. The third kappa shape index (κ3) is 6.04. The summed E-state index contributed by atoms with van der Waals surface area (Å²) in [6.45, 7) is 2.19. The van der Waals surface area contributed by atoms with E-state index >= 15 is 0 Å². The summed E-state index contributed by atoms with van der Waals surface area (Å²) >= 11 is 0. The van der Waals surface area contributed by atoms with E-state index in [0.717, 1.165) is 24.8 Å². The van der Waals surface area contributed by atoms with Gasteiger partial charge >= 0.3 is 0 Å². The van der Waals surface area contributed by atoms with Crippen molar-refractivity contribution in [2.75, 3.05) is 0 Å². The average Bonchev–Trinajstić information content (AvgIpc) is 2.60. The first-order valence-corrected chi connectivity index (χ1v) is 10.4. The minimum atomic E-state index is -4.24. The summed E-state index contributed by atoms with van der Waals surface area (Å²) in [6, 6.07) is 10.7. The van der Waals surface area contributed by atoms with Crippen molar-refractivity contribution in [3.8, 4) is 17.2 Å². The molecule has 0 aliphatic rings. The number of hydrogen-bond donors (Lipinski definition) is 2. The number of ether oxygens (including phenoxy) is 1. The van der Waals surface area contributed by atoms with Crippen LogP contribution in [0.15, 0.2) is 47.4 Å². The molecule has 0 saturated carbocycles. The van der Waals surface area contributed by atoms with Gasteiger partial charge in [0.15, 0.2) is 11.5 Å². The maximum atomic E-state index is 11.1. The maximum Gasteiger partial charge on any atom is 0.294 e. The number of unbranched alkanes of at least 4 members (excludes halogenated alkanes) is 5. The second-order valence-corrected chi connectivity index (χ2v) is 7.75. The number of rotatable bonds is 10. The van der Waals surface area contributed by atoms with Crippen LogP contribution in [0.25, 0.3) is 0 Å². The van der Waals surface area contributed by atoms with E-state index in [1.165, 1.54) is 49.9 Å². The predicted octanol–water partition coefficient (Wildman–Crippen LogP) is 5.33. The van der Waals surface area contributed by atoms with Gasteiger partial charge in [0.1, 0.15) is 5.75 Å². The average molecular weight is 378 g/mol. The van der Waals surface area contributed by atoms with Crippen LogP contribution in [0.4, 0.5) is 0 Å². The van der Waals surface area contributed by atoms with Crippen LogP contribution in [0.2, 0.25) is 0 Å². The van der Waals surface area contributed by atoms with Gasteiger partial charge in [0, 0.05) is 0 Å². The van der Waals surface area contributed by atoms with Crippen molar-refractivity contribution >= 4 is 10.1 Å². The van der Waals surface area contributed by atoms with Gasteiger partial charge in [-0.2, -0.15) is 8.42 Å². The number of aromatic hydroxyl groups is 1. The van der Waals surface area contributed by atoms with Gasteiger partial charge in [-0.15, -0.1) is 0 Å². The second kappa shape index (κ2) is 9.59. The first-order chi connectivity index (χ1) is 12.4. The van der Waals surface area contributed by atoms with Crippen LogP contribution in [0.5, 0.6) is 17.2 Å². The predicted molar refractivity (Wildman–Crippen MR) is 102 cm³/mol. The second-order valence-electron chi connectivity index (χ2n) is 6.33. The fraction of sp³-hybridized carbons (Fsp3) is 0.400. The molecule has 0 saturated heterocycles. The molecule has 2 N–H and O–H groups in total. The molecule has 0 aliphatic carbocycles. The highest BCUT2D eigenvalue weighted by Gasteiger charge is 2.12. The first kappa shape index (κ1) is 20.3. The molecule has 2 aromatic carbocycles. The lowest BCUT2D eigenvalue weighted by atomic mass is 10.0. The van der Waals surface area contributed by atoms with Crippen molar-refractivity contribution in [3.63, 3.8) is 0 Å². The fourth-order valence-electron chi connectivity index (χ4n) is 2.78. The SMILES string of the molecule is CCCCCCCCc1cccc(O)c1Oc1ccc(S(=O)(=O)O)cc1. The Morgan fingerprint density at radius 1 is 0.923 bits per heavy atom. The Hall–Kier alpha value is -2.05. The fourth-order valence-corrected chi connectivity index (χ4v) is 3.26. The number of phenolic OH excluding ortho intramolecular Hbond substituents is 1. The van der Waals surface area contributed by atoms with Crippen LogP contribution < -0.4 is 4.74 Å². The molecule has 2 aromatic rings. The standard InChI is InChI=1S/C20H26O5S/c1-2-3-4-5-6-7-9-16-10-8-11-19(21)20(16)25-17-12-14-18(15-13-17)26(22,23)24/h8,10-15,21H,2-7,9H2,1H3,(H,22,23,24). The molecule has 0 amide bonds. The number of para-hydroxylation sites is 1. The molecule has 0 unspecified atom stereocenters. The zero-order valence-electron chi connectivity index (χ0n) is 15.0. The van der Waals surface area contributed by atoms with Crippen LogP contribution >= 0.6 is 0 Å². The van der Waals surface area contributed by atoms with Crippen molar-refractivity contribution in [1.29, 1.82) is 0 Å². The van der Waals surface area contributed by atoms with E-state index in [1.54, 1.807) is 12.1 Å². The van der Waals surface area contributed by atoms with E-state index in [1.807, 2.05) is 6.07 Å². The van der Waals surface area contributed by atoms with Gasteiger partial charge in [0.05, 0.1) is 4.90 Å². The molecule has 6 heteroatoms. The third-order valence-corrected chi connectivity index (χ3v) is 5.08. The molecule has 0 spiro atoms. The van der Waals surface area contributed by atoms with Crippen molar-refractivity contribution < 1.29 is 22.8 Å². The summed E-state index contributed by atoms with van der Waals surface area (Å²) in [5.74, 6) is 0.830. The van der Waals surface area contributed by atoms with E-state index in [2.05, 4.69) is 6.92 Å². The molecule has 0 heterocycles. The molecule has 0 radical (unpaired) electrons.